The minimum Gasteiger partial charge on any atom is -0.314 e. The Morgan fingerprint density at radius 3 is 2.30 bits per heavy atom. The van der Waals surface area contributed by atoms with Crippen molar-refractivity contribution in [3.63, 3.8) is 0 Å². The molecule has 0 saturated carbocycles. The van der Waals surface area contributed by atoms with E-state index in [-0.39, 0.29) is 0 Å². The third kappa shape index (κ3) is 4.17. The summed E-state index contributed by atoms with van der Waals surface area (Å²) in [6.45, 7) is 7.52. The smallest absolute Gasteiger partial charge is 0.0270 e. The van der Waals surface area contributed by atoms with E-state index < -0.39 is 0 Å². The molecule has 2 heteroatoms. The fourth-order valence-electron chi connectivity index (χ4n) is 2.52. The van der Waals surface area contributed by atoms with Crippen molar-refractivity contribution in [2.24, 2.45) is 0 Å². The zero-order valence-electron chi connectivity index (χ0n) is 12.7. The molecule has 20 heavy (non-hydrogen) atoms. The SMILES string of the molecule is CCNC(Cc1ccncc1)Cc1ccc(C)c(C)c1. The molecule has 2 aromatic rings. The fraction of sp³-hybridized carbons (Fsp3) is 0.389. The summed E-state index contributed by atoms with van der Waals surface area (Å²) in [7, 11) is 0. The van der Waals surface area contributed by atoms with E-state index >= 15 is 0 Å². The van der Waals surface area contributed by atoms with Crippen LogP contribution in [0, 0.1) is 13.8 Å². The fourth-order valence-corrected chi connectivity index (χ4v) is 2.52. The largest absolute Gasteiger partial charge is 0.314 e. The molecule has 0 saturated heterocycles. The van der Waals surface area contributed by atoms with E-state index in [0.717, 1.165) is 19.4 Å². The van der Waals surface area contributed by atoms with Gasteiger partial charge in [0.15, 0.2) is 0 Å². The molecule has 0 radical (unpaired) electrons. The molecular weight excluding hydrogens is 244 g/mol. The standard InChI is InChI=1S/C18H24N2/c1-4-20-18(12-16-7-9-19-10-8-16)13-17-6-5-14(2)15(3)11-17/h5-11,18,20H,4,12-13H2,1-3H3. The first-order chi connectivity index (χ1) is 9.69. The molecule has 2 nitrogen and oxygen atoms in total. The summed E-state index contributed by atoms with van der Waals surface area (Å²) >= 11 is 0. The number of aromatic nitrogens is 1. The number of pyridine rings is 1. The molecule has 1 aromatic heterocycles. The van der Waals surface area contributed by atoms with E-state index in [9.17, 15) is 0 Å². The highest BCUT2D eigenvalue weighted by atomic mass is 14.9. The molecule has 1 unspecified atom stereocenters. The van der Waals surface area contributed by atoms with Crippen LogP contribution in [-0.2, 0) is 12.8 Å². The first kappa shape index (κ1) is 14.7. The van der Waals surface area contributed by atoms with Crippen molar-refractivity contribution in [2.75, 3.05) is 6.54 Å². The minimum atomic E-state index is 0.476. The van der Waals surface area contributed by atoms with Gasteiger partial charge in [-0.15, -0.1) is 0 Å². The van der Waals surface area contributed by atoms with Gasteiger partial charge in [-0.1, -0.05) is 25.1 Å². The van der Waals surface area contributed by atoms with Gasteiger partial charge in [0.25, 0.3) is 0 Å². The lowest BCUT2D eigenvalue weighted by atomic mass is 9.97. The monoisotopic (exact) mass is 268 g/mol. The van der Waals surface area contributed by atoms with E-state index in [2.05, 4.69) is 61.4 Å². The second-order valence-electron chi connectivity index (χ2n) is 5.44. The second-order valence-corrected chi connectivity index (χ2v) is 5.44. The van der Waals surface area contributed by atoms with Crippen LogP contribution in [0.25, 0.3) is 0 Å². The van der Waals surface area contributed by atoms with Crippen LogP contribution in [0.2, 0.25) is 0 Å². The molecule has 1 atom stereocenters. The number of nitrogens with zero attached hydrogens (tertiary/aromatic N) is 1. The Labute approximate surface area is 122 Å². The van der Waals surface area contributed by atoms with Crippen molar-refractivity contribution in [1.82, 2.24) is 10.3 Å². The summed E-state index contributed by atoms with van der Waals surface area (Å²) in [5.74, 6) is 0. The summed E-state index contributed by atoms with van der Waals surface area (Å²) in [6.07, 6.45) is 5.85. The molecule has 0 fully saturated rings. The maximum absolute atomic E-state index is 4.08. The van der Waals surface area contributed by atoms with Gasteiger partial charge < -0.3 is 5.32 Å². The number of rotatable bonds is 6. The Bertz CT molecular complexity index is 534. The molecule has 1 N–H and O–H groups in total. The third-order valence-electron chi connectivity index (χ3n) is 3.78. The highest BCUT2D eigenvalue weighted by Gasteiger charge is 2.10. The average Bonchev–Trinajstić information content (AvgIpc) is 2.44. The third-order valence-corrected chi connectivity index (χ3v) is 3.78. The van der Waals surface area contributed by atoms with E-state index in [1.807, 2.05) is 12.4 Å². The average molecular weight is 268 g/mol. The van der Waals surface area contributed by atoms with Gasteiger partial charge in [0.2, 0.25) is 0 Å². The number of aryl methyl sites for hydroxylation is 2. The van der Waals surface area contributed by atoms with Crippen molar-refractivity contribution >= 4 is 0 Å². The first-order valence-electron chi connectivity index (χ1n) is 7.37. The van der Waals surface area contributed by atoms with Gasteiger partial charge in [0, 0.05) is 18.4 Å². The lowest BCUT2D eigenvalue weighted by Crippen LogP contribution is -2.33. The highest BCUT2D eigenvalue weighted by Crippen LogP contribution is 2.13. The molecular formula is C18H24N2. The van der Waals surface area contributed by atoms with Crippen LogP contribution in [-0.4, -0.2) is 17.6 Å². The van der Waals surface area contributed by atoms with Crippen LogP contribution in [0.15, 0.2) is 42.7 Å². The Balaban J connectivity index is 2.06. The normalized spacial score (nSPS) is 12.3. The Hall–Kier alpha value is -1.67. The summed E-state index contributed by atoms with van der Waals surface area (Å²) in [4.78, 5) is 4.08. The number of hydrogen-bond donors (Lipinski definition) is 1. The van der Waals surface area contributed by atoms with Crippen LogP contribution >= 0.6 is 0 Å². The minimum absolute atomic E-state index is 0.476. The lowest BCUT2D eigenvalue weighted by molar-refractivity contribution is 0.521. The molecule has 1 heterocycles. The predicted molar refractivity (Wildman–Crippen MR) is 85.0 cm³/mol. The van der Waals surface area contributed by atoms with E-state index in [4.69, 9.17) is 0 Å². The highest BCUT2D eigenvalue weighted by molar-refractivity contribution is 5.30. The van der Waals surface area contributed by atoms with Crippen LogP contribution in [0.1, 0.15) is 29.2 Å². The summed E-state index contributed by atoms with van der Waals surface area (Å²) in [5, 5.41) is 3.59. The van der Waals surface area contributed by atoms with Gasteiger partial charge in [-0.25, -0.2) is 0 Å². The zero-order valence-corrected chi connectivity index (χ0v) is 12.7. The number of hydrogen-bond acceptors (Lipinski definition) is 2. The van der Waals surface area contributed by atoms with Gasteiger partial charge in [-0.05, 0) is 67.6 Å². The number of likely N-dealkylation sites (N-methyl/N-ethyl adjacent to an activating group) is 1. The summed E-state index contributed by atoms with van der Waals surface area (Å²) < 4.78 is 0. The van der Waals surface area contributed by atoms with Crippen molar-refractivity contribution in [1.29, 1.82) is 0 Å². The van der Waals surface area contributed by atoms with Gasteiger partial charge in [0.1, 0.15) is 0 Å². The molecule has 0 bridgehead atoms. The lowest BCUT2D eigenvalue weighted by Gasteiger charge is -2.18. The van der Waals surface area contributed by atoms with Gasteiger partial charge in [-0.2, -0.15) is 0 Å². The maximum Gasteiger partial charge on any atom is 0.0270 e. The molecule has 1 aromatic carbocycles. The molecule has 0 amide bonds. The second kappa shape index (κ2) is 7.20. The van der Waals surface area contributed by atoms with Crippen molar-refractivity contribution in [3.05, 3.63) is 65.0 Å². The van der Waals surface area contributed by atoms with Gasteiger partial charge in [0.05, 0.1) is 0 Å². The zero-order chi connectivity index (χ0) is 14.4. The Morgan fingerprint density at radius 2 is 1.65 bits per heavy atom. The number of nitrogens with one attached hydrogen (secondary N) is 1. The van der Waals surface area contributed by atoms with Crippen LogP contribution in [0.5, 0.6) is 0 Å². The van der Waals surface area contributed by atoms with Crippen LogP contribution in [0.4, 0.5) is 0 Å². The predicted octanol–water partition coefficient (Wildman–Crippen LogP) is 3.46. The summed E-state index contributed by atoms with van der Waals surface area (Å²) in [5.41, 5.74) is 5.49. The molecule has 0 aliphatic carbocycles. The van der Waals surface area contributed by atoms with Gasteiger partial charge in [-0.3, -0.25) is 4.98 Å². The van der Waals surface area contributed by atoms with E-state index in [1.165, 1.54) is 22.3 Å². The number of benzene rings is 1. The van der Waals surface area contributed by atoms with E-state index in [1.54, 1.807) is 0 Å². The quantitative estimate of drug-likeness (QED) is 0.868. The summed E-state index contributed by atoms with van der Waals surface area (Å²) in [6, 6.07) is 11.5. The Morgan fingerprint density at radius 1 is 0.950 bits per heavy atom. The molecule has 0 aliphatic rings. The first-order valence-corrected chi connectivity index (χ1v) is 7.37. The molecule has 0 aliphatic heterocycles. The van der Waals surface area contributed by atoms with Crippen molar-refractivity contribution < 1.29 is 0 Å². The van der Waals surface area contributed by atoms with Crippen molar-refractivity contribution in [3.8, 4) is 0 Å². The maximum atomic E-state index is 4.08. The van der Waals surface area contributed by atoms with Gasteiger partial charge >= 0.3 is 0 Å². The molecule has 106 valence electrons. The van der Waals surface area contributed by atoms with Crippen LogP contribution < -0.4 is 5.32 Å². The Kier molecular flexibility index (Phi) is 5.31. The van der Waals surface area contributed by atoms with E-state index in [0.29, 0.717) is 6.04 Å². The van der Waals surface area contributed by atoms with Crippen molar-refractivity contribution in [2.45, 2.75) is 39.7 Å². The topological polar surface area (TPSA) is 24.9 Å². The molecule has 0 spiro atoms. The molecule has 2 rings (SSSR count). The van der Waals surface area contributed by atoms with Crippen LogP contribution in [0.3, 0.4) is 0 Å².